The van der Waals surface area contributed by atoms with E-state index in [0.29, 0.717) is 24.7 Å². The zero-order valence-electron chi connectivity index (χ0n) is 15.9. The summed E-state index contributed by atoms with van der Waals surface area (Å²) in [6.07, 6.45) is 0. The first-order valence-corrected chi connectivity index (χ1v) is 8.93. The Morgan fingerprint density at radius 1 is 1.19 bits per heavy atom. The first-order chi connectivity index (χ1) is 12.9. The van der Waals surface area contributed by atoms with Gasteiger partial charge in [-0.15, -0.1) is 0 Å². The van der Waals surface area contributed by atoms with E-state index >= 15 is 0 Å². The van der Waals surface area contributed by atoms with Crippen molar-refractivity contribution in [3.8, 4) is 0 Å². The van der Waals surface area contributed by atoms with Crippen LogP contribution in [0.2, 0.25) is 0 Å². The first-order valence-electron chi connectivity index (χ1n) is 8.93. The maximum absolute atomic E-state index is 13.5. The molecule has 0 aliphatic carbocycles. The van der Waals surface area contributed by atoms with Gasteiger partial charge in [-0.3, -0.25) is 9.59 Å². The van der Waals surface area contributed by atoms with Crippen LogP contribution < -0.4 is 5.32 Å². The van der Waals surface area contributed by atoms with E-state index in [1.165, 1.54) is 29.2 Å². The van der Waals surface area contributed by atoms with Crippen LogP contribution in [0.5, 0.6) is 0 Å². The molecule has 27 heavy (non-hydrogen) atoms. The third-order valence-electron chi connectivity index (χ3n) is 4.17. The molecule has 0 unspecified atom stereocenters. The molecule has 2 rings (SSSR count). The van der Waals surface area contributed by atoms with Gasteiger partial charge in [0.25, 0.3) is 5.91 Å². The molecule has 0 saturated heterocycles. The van der Waals surface area contributed by atoms with Crippen molar-refractivity contribution in [2.45, 2.75) is 20.8 Å². The average Bonchev–Trinajstić information content (AvgIpc) is 3.05. The molecule has 7 nitrogen and oxygen atoms in total. The number of aromatic nitrogens is 1. The van der Waals surface area contributed by atoms with Gasteiger partial charge in [0.15, 0.2) is 5.82 Å². The maximum Gasteiger partial charge on any atom is 0.254 e. The van der Waals surface area contributed by atoms with Gasteiger partial charge in [-0.25, -0.2) is 4.39 Å². The van der Waals surface area contributed by atoms with Crippen LogP contribution >= 0.6 is 0 Å². The number of amides is 2. The zero-order valence-corrected chi connectivity index (χ0v) is 15.9. The number of carbonyl (C=O) groups is 2. The van der Waals surface area contributed by atoms with Crippen LogP contribution in [0.1, 0.15) is 30.0 Å². The molecule has 0 saturated carbocycles. The minimum atomic E-state index is -0.493. The summed E-state index contributed by atoms with van der Waals surface area (Å²) in [5.41, 5.74) is 0.208. The lowest BCUT2D eigenvalue weighted by Gasteiger charge is -2.26. The quantitative estimate of drug-likeness (QED) is 0.728. The number of nitrogens with zero attached hydrogens (tertiary/aromatic N) is 3. The number of aryl methyl sites for hydroxylation is 1. The Bertz CT molecular complexity index is 774. The molecule has 0 spiro atoms. The fraction of sp³-hybridized carbons (Fsp3) is 0.421. The van der Waals surface area contributed by atoms with Gasteiger partial charge in [0, 0.05) is 24.7 Å². The summed E-state index contributed by atoms with van der Waals surface area (Å²) in [4.78, 5) is 28.7. The summed E-state index contributed by atoms with van der Waals surface area (Å²) in [7, 11) is 0. The molecule has 0 bridgehead atoms. The average molecular weight is 376 g/mol. The second-order valence-corrected chi connectivity index (χ2v) is 6.13. The van der Waals surface area contributed by atoms with Gasteiger partial charge in [0.2, 0.25) is 5.91 Å². The molecule has 0 aliphatic rings. The highest BCUT2D eigenvalue weighted by atomic mass is 19.1. The van der Waals surface area contributed by atoms with Gasteiger partial charge in [-0.2, -0.15) is 0 Å². The lowest BCUT2D eigenvalue weighted by atomic mass is 10.2. The highest BCUT2D eigenvalue weighted by molar-refractivity contribution is 5.99. The highest BCUT2D eigenvalue weighted by Gasteiger charge is 2.20. The van der Waals surface area contributed by atoms with Crippen LogP contribution in [0.25, 0.3) is 0 Å². The third-order valence-corrected chi connectivity index (χ3v) is 4.17. The lowest BCUT2D eigenvalue weighted by molar-refractivity contribution is -0.117. The summed E-state index contributed by atoms with van der Waals surface area (Å²) in [6.45, 7) is 8.25. The van der Waals surface area contributed by atoms with E-state index in [-0.39, 0.29) is 12.1 Å². The molecule has 8 heteroatoms. The molecule has 2 amide bonds. The van der Waals surface area contributed by atoms with Gasteiger partial charge in [-0.1, -0.05) is 25.1 Å². The number of hydrogen-bond acceptors (Lipinski definition) is 5. The highest BCUT2D eigenvalue weighted by Crippen LogP contribution is 2.10. The van der Waals surface area contributed by atoms with Crippen molar-refractivity contribution < 1.29 is 18.5 Å². The largest absolute Gasteiger partial charge is 0.360 e. The van der Waals surface area contributed by atoms with Crippen molar-refractivity contribution >= 4 is 17.6 Å². The zero-order chi connectivity index (χ0) is 19.8. The topological polar surface area (TPSA) is 78.7 Å². The Kier molecular flexibility index (Phi) is 7.48. The molecule has 0 fully saturated rings. The number of nitrogens with one attached hydrogen (secondary N) is 1. The van der Waals surface area contributed by atoms with E-state index in [1.54, 1.807) is 13.0 Å². The van der Waals surface area contributed by atoms with Crippen LogP contribution in [0.15, 0.2) is 34.9 Å². The first kappa shape index (κ1) is 20.6. The van der Waals surface area contributed by atoms with Crippen molar-refractivity contribution in [1.29, 1.82) is 0 Å². The molecule has 1 heterocycles. The van der Waals surface area contributed by atoms with E-state index in [1.807, 2.05) is 13.8 Å². The summed E-state index contributed by atoms with van der Waals surface area (Å²) < 4.78 is 18.4. The van der Waals surface area contributed by atoms with Gasteiger partial charge in [0.1, 0.15) is 18.1 Å². The van der Waals surface area contributed by atoms with Crippen molar-refractivity contribution in [1.82, 2.24) is 15.0 Å². The van der Waals surface area contributed by atoms with Gasteiger partial charge >= 0.3 is 0 Å². The number of rotatable bonds is 9. The monoisotopic (exact) mass is 376 g/mol. The third kappa shape index (κ3) is 6.18. The van der Waals surface area contributed by atoms with Crippen LogP contribution in [-0.2, 0) is 4.79 Å². The molecular formula is C19H25FN4O3. The number of carbonyl (C=O) groups excluding carboxylic acids is 2. The van der Waals surface area contributed by atoms with E-state index in [9.17, 15) is 14.0 Å². The normalized spacial score (nSPS) is 10.9. The van der Waals surface area contributed by atoms with E-state index in [2.05, 4.69) is 15.4 Å². The molecule has 2 aromatic rings. The van der Waals surface area contributed by atoms with Gasteiger partial charge < -0.3 is 19.6 Å². The molecule has 0 radical (unpaired) electrons. The predicted molar refractivity (Wildman–Crippen MR) is 100.0 cm³/mol. The minimum Gasteiger partial charge on any atom is -0.360 e. The number of benzene rings is 1. The number of halogens is 1. The van der Waals surface area contributed by atoms with Crippen LogP contribution in [0, 0.1) is 12.7 Å². The second kappa shape index (κ2) is 9.82. The lowest BCUT2D eigenvalue weighted by Crippen LogP contribution is -2.42. The number of likely N-dealkylation sites (N-methyl/N-ethyl adjacent to an activating group) is 1. The van der Waals surface area contributed by atoms with Crippen molar-refractivity contribution in [2.75, 3.05) is 38.0 Å². The van der Waals surface area contributed by atoms with Crippen LogP contribution in [-0.4, -0.2) is 59.5 Å². The second-order valence-electron chi connectivity index (χ2n) is 6.13. The van der Waals surface area contributed by atoms with Crippen LogP contribution in [0.4, 0.5) is 10.2 Å². The smallest absolute Gasteiger partial charge is 0.254 e. The predicted octanol–water partition coefficient (Wildman–Crippen LogP) is 2.54. The molecule has 1 N–H and O–H groups in total. The summed E-state index contributed by atoms with van der Waals surface area (Å²) in [5, 5.41) is 6.31. The van der Waals surface area contributed by atoms with Crippen LogP contribution in [0.3, 0.4) is 0 Å². The van der Waals surface area contributed by atoms with E-state index in [0.717, 1.165) is 13.1 Å². The molecular weight excluding hydrogens is 351 g/mol. The number of hydrogen-bond donors (Lipinski definition) is 1. The maximum atomic E-state index is 13.5. The van der Waals surface area contributed by atoms with Gasteiger partial charge in [0.05, 0.1) is 0 Å². The SMILES string of the molecule is CCN(CC)CCN(CC(=O)Nc1cc(C)on1)C(=O)c1cccc(F)c1. The fourth-order valence-electron chi connectivity index (χ4n) is 2.64. The van der Waals surface area contributed by atoms with E-state index < -0.39 is 17.6 Å². The van der Waals surface area contributed by atoms with E-state index in [4.69, 9.17) is 4.52 Å². The summed E-state index contributed by atoms with van der Waals surface area (Å²) >= 11 is 0. The Morgan fingerprint density at radius 2 is 1.93 bits per heavy atom. The molecule has 1 aromatic heterocycles. The molecule has 146 valence electrons. The van der Waals surface area contributed by atoms with Crippen molar-refractivity contribution in [3.05, 3.63) is 47.5 Å². The minimum absolute atomic E-state index is 0.164. The van der Waals surface area contributed by atoms with Crippen molar-refractivity contribution in [3.63, 3.8) is 0 Å². The molecule has 0 aliphatic heterocycles. The Morgan fingerprint density at radius 3 is 2.52 bits per heavy atom. The number of anilines is 1. The fourth-order valence-corrected chi connectivity index (χ4v) is 2.64. The molecule has 0 atom stereocenters. The van der Waals surface area contributed by atoms with Gasteiger partial charge in [-0.05, 0) is 38.2 Å². The standard InChI is InChI=1S/C19H25FN4O3/c1-4-23(5-2)9-10-24(19(26)15-7-6-8-16(20)12-15)13-18(25)21-17-11-14(3)27-22-17/h6-8,11-12H,4-5,9-10,13H2,1-3H3,(H,21,22,25). The molecule has 1 aromatic carbocycles. The summed E-state index contributed by atoms with van der Waals surface area (Å²) in [6, 6.07) is 7.05. The van der Waals surface area contributed by atoms with Crippen molar-refractivity contribution in [2.24, 2.45) is 0 Å². The summed E-state index contributed by atoms with van der Waals surface area (Å²) in [5.74, 6) is -0.424. The Hall–Kier alpha value is -2.74. The Labute approximate surface area is 158 Å². The Balaban J connectivity index is 2.10.